The van der Waals surface area contributed by atoms with E-state index in [2.05, 4.69) is 53.4 Å². The van der Waals surface area contributed by atoms with Crippen LogP contribution in [0.2, 0.25) is 0 Å². The molecular formula is C18H29N3. The van der Waals surface area contributed by atoms with Gasteiger partial charge in [0, 0.05) is 37.9 Å². The van der Waals surface area contributed by atoms with E-state index in [1.807, 2.05) is 0 Å². The van der Waals surface area contributed by atoms with E-state index in [1.54, 1.807) is 0 Å². The number of hydrogen-bond acceptors (Lipinski definition) is 3. The van der Waals surface area contributed by atoms with Gasteiger partial charge in [-0.25, -0.2) is 0 Å². The molecule has 0 aliphatic carbocycles. The van der Waals surface area contributed by atoms with E-state index >= 15 is 0 Å². The molecule has 0 saturated carbocycles. The average Bonchev–Trinajstić information content (AvgIpc) is 3.00. The van der Waals surface area contributed by atoms with Crippen molar-refractivity contribution in [1.29, 1.82) is 0 Å². The maximum Gasteiger partial charge on any atom is 0.0409 e. The molecule has 2 aliphatic heterocycles. The molecule has 0 aromatic heterocycles. The molecular weight excluding hydrogens is 258 g/mol. The van der Waals surface area contributed by atoms with Gasteiger partial charge in [0.05, 0.1) is 0 Å². The molecule has 0 bridgehead atoms. The molecule has 2 atom stereocenters. The topological polar surface area (TPSA) is 18.5 Å². The molecule has 3 nitrogen and oxygen atoms in total. The zero-order valence-corrected chi connectivity index (χ0v) is 13.5. The summed E-state index contributed by atoms with van der Waals surface area (Å²) in [4.78, 5) is 5.02. The minimum absolute atomic E-state index is 0.698. The third-order valence-corrected chi connectivity index (χ3v) is 5.28. The molecule has 21 heavy (non-hydrogen) atoms. The SMILES string of the molecule is CCN(C)c1ccccc1CN[C@H]1CCN2CCC[C@H]2C1. The number of hydrogen-bond donors (Lipinski definition) is 1. The predicted molar refractivity (Wildman–Crippen MR) is 89.8 cm³/mol. The van der Waals surface area contributed by atoms with Gasteiger partial charge in [-0.15, -0.1) is 0 Å². The quantitative estimate of drug-likeness (QED) is 0.898. The van der Waals surface area contributed by atoms with Crippen molar-refractivity contribution in [3.63, 3.8) is 0 Å². The van der Waals surface area contributed by atoms with Crippen molar-refractivity contribution >= 4 is 5.69 Å². The second-order valence-electron chi connectivity index (χ2n) is 6.58. The molecule has 0 amide bonds. The van der Waals surface area contributed by atoms with Crippen molar-refractivity contribution in [2.75, 3.05) is 31.6 Å². The number of anilines is 1. The Balaban J connectivity index is 1.58. The summed E-state index contributed by atoms with van der Waals surface area (Å²) in [7, 11) is 2.18. The van der Waals surface area contributed by atoms with E-state index in [4.69, 9.17) is 0 Å². The molecule has 1 N–H and O–H groups in total. The van der Waals surface area contributed by atoms with Crippen LogP contribution in [0.5, 0.6) is 0 Å². The van der Waals surface area contributed by atoms with Crippen LogP contribution in [0.4, 0.5) is 5.69 Å². The normalized spacial score (nSPS) is 25.8. The maximum atomic E-state index is 3.82. The first-order valence-electron chi connectivity index (χ1n) is 8.54. The van der Waals surface area contributed by atoms with E-state index in [0.29, 0.717) is 6.04 Å². The molecule has 3 rings (SSSR count). The van der Waals surface area contributed by atoms with Crippen molar-refractivity contribution < 1.29 is 0 Å². The minimum Gasteiger partial charge on any atom is -0.375 e. The first kappa shape index (κ1) is 14.9. The van der Waals surface area contributed by atoms with E-state index in [9.17, 15) is 0 Å². The van der Waals surface area contributed by atoms with Crippen LogP contribution in [0.25, 0.3) is 0 Å². The highest BCUT2D eigenvalue weighted by Gasteiger charge is 2.31. The molecule has 1 aromatic carbocycles. The van der Waals surface area contributed by atoms with Crippen molar-refractivity contribution in [2.45, 2.75) is 51.2 Å². The van der Waals surface area contributed by atoms with Crippen LogP contribution >= 0.6 is 0 Å². The van der Waals surface area contributed by atoms with Gasteiger partial charge in [0.15, 0.2) is 0 Å². The number of para-hydroxylation sites is 1. The molecule has 2 aliphatic rings. The average molecular weight is 287 g/mol. The Morgan fingerprint density at radius 3 is 2.95 bits per heavy atom. The van der Waals surface area contributed by atoms with Gasteiger partial charge >= 0.3 is 0 Å². The summed E-state index contributed by atoms with van der Waals surface area (Å²) in [5.74, 6) is 0. The smallest absolute Gasteiger partial charge is 0.0409 e. The van der Waals surface area contributed by atoms with Crippen molar-refractivity contribution in [1.82, 2.24) is 10.2 Å². The Morgan fingerprint density at radius 2 is 2.10 bits per heavy atom. The van der Waals surface area contributed by atoms with Gasteiger partial charge in [0.2, 0.25) is 0 Å². The number of piperidine rings is 1. The predicted octanol–water partition coefficient (Wildman–Crippen LogP) is 2.86. The highest BCUT2D eigenvalue weighted by atomic mass is 15.2. The largest absolute Gasteiger partial charge is 0.375 e. The summed E-state index contributed by atoms with van der Waals surface area (Å²) < 4.78 is 0. The van der Waals surface area contributed by atoms with Gasteiger partial charge in [-0.1, -0.05) is 18.2 Å². The third kappa shape index (κ3) is 3.41. The Kier molecular flexibility index (Phi) is 4.81. The number of fused-ring (bicyclic) bond motifs is 1. The summed E-state index contributed by atoms with van der Waals surface area (Å²) in [5.41, 5.74) is 2.79. The molecule has 0 spiro atoms. The van der Waals surface area contributed by atoms with Crippen molar-refractivity contribution in [2.24, 2.45) is 0 Å². The van der Waals surface area contributed by atoms with E-state index in [0.717, 1.165) is 19.1 Å². The molecule has 0 unspecified atom stereocenters. The lowest BCUT2D eigenvalue weighted by Gasteiger charge is -2.35. The molecule has 2 saturated heterocycles. The number of benzene rings is 1. The minimum atomic E-state index is 0.698. The zero-order valence-electron chi connectivity index (χ0n) is 13.5. The molecule has 1 aromatic rings. The van der Waals surface area contributed by atoms with E-state index in [1.165, 1.54) is 50.0 Å². The number of nitrogens with one attached hydrogen (secondary N) is 1. The summed E-state index contributed by atoms with van der Waals surface area (Å²) >= 11 is 0. The van der Waals surface area contributed by atoms with Crippen LogP contribution in [0.3, 0.4) is 0 Å². The lowest BCUT2D eigenvalue weighted by atomic mass is 9.97. The van der Waals surface area contributed by atoms with Crippen LogP contribution in [0.15, 0.2) is 24.3 Å². The fraction of sp³-hybridized carbons (Fsp3) is 0.667. The van der Waals surface area contributed by atoms with Crippen LogP contribution in [0, 0.1) is 0 Å². The van der Waals surface area contributed by atoms with Gasteiger partial charge in [-0.3, -0.25) is 0 Å². The maximum absolute atomic E-state index is 3.82. The van der Waals surface area contributed by atoms with Crippen LogP contribution in [-0.2, 0) is 6.54 Å². The lowest BCUT2D eigenvalue weighted by Crippen LogP contribution is -2.45. The molecule has 0 radical (unpaired) electrons. The first-order chi connectivity index (χ1) is 10.3. The van der Waals surface area contributed by atoms with Crippen molar-refractivity contribution in [3.05, 3.63) is 29.8 Å². The first-order valence-corrected chi connectivity index (χ1v) is 8.54. The molecule has 2 heterocycles. The van der Waals surface area contributed by atoms with E-state index < -0.39 is 0 Å². The fourth-order valence-corrected chi connectivity index (χ4v) is 3.87. The molecule has 2 fully saturated rings. The van der Waals surface area contributed by atoms with E-state index in [-0.39, 0.29) is 0 Å². The summed E-state index contributed by atoms with van der Waals surface area (Å²) in [6.07, 6.45) is 5.46. The second kappa shape index (κ2) is 6.80. The lowest BCUT2D eigenvalue weighted by molar-refractivity contribution is 0.166. The highest BCUT2D eigenvalue weighted by Crippen LogP contribution is 2.27. The summed E-state index contributed by atoms with van der Waals surface area (Å²) in [6, 6.07) is 10.3. The Labute approximate surface area is 129 Å². The monoisotopic (exact) mass is 287 g/mol. The van der Waals surface area contributed by atoms with Gasteiger partial charge in [-0.2, -0.15) is 0 Å². The standard InChI is InChI=1S/C18H29N3/c1-3-20(2)18-9-5-4-7-15(18)14-19-16-10-12-21-11-6-8-17(21)13-16/h4-5,7,9,16-17,19H,3,6,8,10-14H2,1-2H3/t16-,17-/m0/s1. The number of rotatable bonds is 5. The molecule has 3 heteroatoms. The third-order valence-electron chi connectivity index (χ3n) is 5.28. The van der Waals surface area contributed by atoms with Crippen LogP contribution in [-0.4, -0.2) is 43.7 Å². The van der Waals surface area contributed by atoms with Gasteiger partial charge < -0.3 is 15.1 Å². The zero-order chi connectivity index (χ0) is 14.7. The van der Waals surface area contributed by atoms with Crippen LogP contribution < -0.4 is 10.2 Å². The summed E-state index contributed by atoms with van der Waals surface area (Å²) in [6.45, 7) is 6.88. The van der Waals surface area contributed by atoms with Gasteiger partial charge in [0.25, 0.3) is 0 Å². The summed E-state index contributed by atoms with van der Waals surface area (Å²) in [5, 5.41) is 3.82. The second-order valence-corrected chi connectivity index (χ2v) is 6.58. The van der Waals surface area contributed by atoms with Gasteiger partial charge in [0.1, 0.15) is 0 Å². The highest BCUT2D eigenvalue weighted by molar-refractivity contribution is 5.52. The van der Waals surface area contributed by atoms with Gasteiger partial charge in [-0.05, 0) is 57.3 Å². The number of nitrogens with zero attached hydrogens (tertiary/aromatic N) is 2. The Morgan fingerprint density at radius 1 is 1.24 bits per heavy atom. The van der Waals surface area contributed by atoms with Crippen LogP contribution in [0.1, 0.15) is 38.2 Å². The molecule has 116 valence electrons. The fourth-order valence-electron chi connectivity index (χ4n) is 3.87. The Bertz CT molecular complexity index is 460. The Hall–Kier alpha value is -1.06. The van der Waals surface area contributed by atoms with Crippen molar-refractivity contribution in [3.8, 4) is 0 Å².